The van der Waals surface area contributed by atoms with Gasteiger partial charge in [-0.3, -0.25) is 0 Å². The lowest BCUT2D eigenvalue weighted by Crippen LogP contribution is -2.11. The number of hydrogen-bond donors (Lipinski definition) is 1. The third-order valence-corrected chi connectivity index (χ3v) is 4.77. The Labute approximate surface area is 146 Å². The van der Waals surface area contributed by atoms with Crippen molar-refractivity contribution in [1.82, 2.24) is 9.55 Å². The highest BCUT2D eigenvalue weighted by molar-refractivity contribution is 7.99. The maximum absolute atomic E-state index is 6.11. The first-order valence-electron chi connectivity index (χ1n) is 7.28. The van der Waals surface area contributed by atoms with Gasteiger partial charge >= 0.3 is 0 Å². The van der Waals surface area contributed by atoms with Crippen LogP contribution in [0.4, 0.5) is 0 Å². The fraction of sp³-hybridized carbons (Fsp3) is 0.438. The Hall–Kier alpha value is -0.680. The molecule has 2 aromatic rings. The number of nitrogens with zero attached hydrogens (tertiary/aromatic N) is 2. The minimum Gasteiger partial charge on any atom is -0.324 e. The molecule has 0 spiro atoms. The van der Waals surface area contributed by atoms with Crippen molar-refractivity contribution < 1.29 is 0 Å². The van der Waals surface area contributed by atoms with Crippen LogP contribution in [0.3, 0.4) is 0 Å². The standard InChI is InChI=1S/C16H21Cl2N3S/c1-9(2)15-16(21(10(3)4)14(8-19)20-15)22-13-6-11(17)5-12(18)7-13/h5-7,9-10H,8,19H2,1-4H3. The number of nitrogens with two attached hydrogens (primary N) is 1. The molecule has 1 aromatic carbocycles. The van der Waals surface area contributed by atoms with E-state index >= 15 is 0 Å². The molecular formula is C16H21Cl2N3S. The normalized spacial score (nSPS) is 11.7. The monoisotopic (exact) mass is 357 g/mol. The SMILES string of the molecule is CC(C)c1nc(CN)n(C(C)C)c1Sc1cc(Cl)cc(Cl)c1. The summed E-state index contributed by atoms with van der Waals surface area (Å²) in [5, 5.41) is 2.38. The summed E-state index contributed by atoms with van der Waals surface area (Å²) in [5.74, 6) is 1.23. The Bertz CT molecular complexity index is 645. The quantitative estimate of drug-likeness (QED) is 0.767. The molecule has 6 heteroatoms. The summed E-state index contributed by atoms with van der Waals surface area (Å²) in [6, 6.07) is 5.86. The van der Waals surface area contributed by atoms with Crippen LogP contribution in [-0.2, 0) is 6.54 Å². The fourth-order valence-electron chi connectivity index (χ4n) is 2.33. The second-order valence-electron chi connectivity index (χ2n) is 5.75. The lowest BCUT2D eigenvalue weighted by atomic mass is 10.1. The van der Waals surface area contributed by atoms with Gasteiger partial charge in [0.2, 0.25) is 0 Å². The van der Waals surface area contributed by atoms with E-state index in [2.05, 4.69) is 32.3 Å². The van der Waals surface area contributed by atoms with E-state index in [1.54, 1.807) is 17.8 Å². The van der Waals surface area contributed by atoms with E-state index in [1.807, 2.05) is 12.1 Å². The fourth-order valence-corrected chi connectivity index (χ4v) is 4.39. The molecule has 22 heavy (non-hydrogen) atoms. The number of rotatable bonds is 5. The molecule has 1 aromatic heterocycles. The molecular weight excluding hydrogens is 337 g/mol. The van der Waals surface area contributed by atoms with Gasteiger partial charge in [-0.25, -0.2) is 4.98 Å². The van der Waals surface area contributed by atoms with Gasteiger partial charge in [-0.05, 0) is 38.0 Å². The molecule has 0 atom stereocenters. The van der Waals surface area contributed by atoms with E-state index in [1.165, 1.54) is 0 Å². The molecule has 0 aliphatic heterocycles. The average molecular weight is 358 g/mol. The predicted octanol–water partition coefficient (Wildman–Crippen LogP) is 5.50. The lowest BCUT2D eigenvalue weighted by Gasteiger charge is -2.16. The first kappa shape index (κ1) is 17.7. The Morgan fingerprint density at radius 1 is 1.14 bits per heavy atom. The summed E-state index contributed by atoms with van der Waals surface area (Å²) in [5.41, 5.74) is 6.94. The van der Waals surface area contributed by atoms with Crippen LogP contribution in [0.15, 0.2) is 28.1 Å². The molecule has 0 aliphatic rings. The van der Waals surface area contributed by atoms with Crippen LogP contribution in [0.5, 0.6) is 0 Å². The van der Waals surface area contributed by atoms with Crippen molar-refractivity contribution in [3.05, 3.63) is 39.8 Å². The third-order valence-electron chi connectivity index (χ3n) is 3.26. The molecule has 1 heterocycles. The molecule has 3 nitrogen and oxygen atoms in total. The van der Waals surface area contributed by atoms with Crippen LogP contribution in [0.1, 0.15) is 51.2 Å². The van der Waals surface area contributed by atoms with Crippen molar-refractivity contribution in [3.8, 4) is 0 Å². The first-order valence-corrected chi connectivity index (χ1v) is 8.85. The van der Waals surface area contributed by atoms with Crippen molar-refractivity contribution in [2.24, 2.45) is 5.73 Å². The molecule has 0 aliphatic carbocycles. The Morgan fingerprint density at radius 2 is 1.73 bits per heavy atom. The summed E-state index contributed by atoms with van der Waals surface area (Å²) in [7, 11) is 0. The van der Waals surface area contributed by atoms with Gasteiger partial charge in [-0.15, -0.1) is 0 Å². The summed E-state index contributed by atoms with van der Waals surface area (Å²) >= 11 is 13.9. The zero-order chi connectivity index (χ0) is 16.4. The van der Waals surface area contributed by atoms with Crippen LogP contribution < -0.4 is 5.73 Å². The second kappa shape index (κ2) is 7.26. The molecule has 0 fully saturated rings. The number of imidazole rings is 1. The van der Waals surface area contributed by atoms with Crippen molar-refractivity contribution >= 4 is 35.0 Å². The zero-order valence-corrected chi connectivity index (χ0v) is 15.6. The molecule has 0 saturated carbocycles. The third kappa shape index (κ3) is 3.80. The number of benzene rings is 1. The van der Waals surface area contributed by atoms with E-state index in [0.29, 0.717) is 22.5 Å². The van der Waals surface area contributed by atoms with Crippen LogP contribution >= 0.6 is 35.0 Å². The predicted molar refractivity (Wildman–Crippen MR) is 95.2 cm³/mol. The van der Waals surface area contributed by atoms with Crippen LogP contribution in [0, 0.1) is 0 Å². The highest BCUT2D eigenvalue weighted by Gasteiger charge is 2.21. The van der Waals surface area contributed by atoms with Gasteiger partial charge in [0.05, 0.1) is 12.2 Å². The summed E-state index contributed by atoms with van der Waals surface area (Å²) in [6.45, 7) is 8.99. The smallest absolute Gasteiger partial charge is 0.123 e. The number of halogens is 2. The highest BCUT2D eigenvalue weighted by atomic mass is 35.5. The van der Waals surface area contributed by atoms with Crippen LogP contribution in [-0.4, -0.2) is 9.55 Å². The number of hydrogen-bond acceptors (Lipinski definition) is 3. The van der Waals surface area contributed by atoms with Gasteiger partial charge in [0, 0.05) is 21.0 Å². The van der Waals surface area contributed by atoms with E-state index in [-0.39, 0.29) is 6.04 Å². The van der Waals surface area contributed by atoms with E-state index in [0.717, 1.165) is 21.4 Å². The van der Waals surface area contributed by atoms with E-state index in [4.69, 9.17) is 33.9 Å². The molecule has 0 unspecified atom stereocenters. The molecule has 120 valence electrons. The molecule has 0 saturated heterocycles. The van der Waals surface area contributed by atoms with Crippen LogP contribution in [0.25, 0.3) is 0 Å². The van der Waals surface area contributed by atoms with Gasteiger partial charge in [0.15, 0.2) is 0 Å². The molecule has 0 amide bonds. The van der Waals surface area contributed by atoms with Gasteiger partial charge < -0.3 is 10.3 Å². The van der Waals surface area contributed by atoms with Gasteiger partial charge in [0.1, 0.15) is 10.9 Å². The Balaban J connectivity index is 2.54. The highest BCUT2D eigenvalue weighted by Crippen LogP contribution is 2.38. The maximum atomic E-state index is 6.11. The van der Waals surface area contributed by atoms with E-state index in [9.17, 15) is 0 Å². The molecule has 2 N–H and O–H groups in total. The molecule has 0 bridgehead atoms. The average Bonchev–Trinajstić information content (AvgIpc) is 2.76. The largest absolute Gasteiger partial charge is 0.324 e. The summed E-state index contributed by atoms with van der Waals surface area (Å²) in [4.78, 5) is 5.75. The van der Waals surface area contributed by atoms with E-state index < -0.39 is 0 Å². The summed E-state index contributed by atoms with van der Waals surface area (Å²) < 4.78 is 2.20. The van der Waals surface area contributed by atoms with Crippen molar-refractivity contribution in [3.63, 3.8) is 0 Å². The van der Waals surface area contributed by atoms with Crippen LogP contribution in [0.2, 0.25) is 10.0 Å². The van der Waals surface area contributed by atoms with Gasteiger partial charge in [0.25, 0.3) is 0 Å². The lowest BCUT2D eigenvalue weighted by molar-refractivity contribution is 0.529. The Morgan fingerprint density at radius 3 is 2.18 bits per heavy atom. The molecule has 2 rings (SSSR count). The van der Waals surface area contributed by atoms with Crippen molar-refractivity contribution in [2.45, 2.75) is 56.1 Å². The maximum Gasteiger partial charge on any atom is 0.123 e. The second-order valence-corrected chi connectivity index (χ2v) is 7.68. The van der Waals surface area contributed by atoms with Gasteiger partial charge in [-0.2, -0.15) is 0 Å². The van der Waals surface area contributed by atoms with Gasteiger partial charge in [-0.1, -0.05) is 48.8 Å². The minimum atomic E-state index is 0.288. The van der Waals surface area contributed by atoms with Crippen molar-refractivity contribution in [1.29, 1.82) is 0 Å². The summed E-state index contributed by atoms with van der Waals surface area (Å²) in [6.07, 6.45) is 0. The Kier molecular flexibility index (Phi) is 5.83. The minimum absolute atomic E-state index is 0.288. The first-order chi connectivity index (χ1) is 10.3. The molecule has 0 radical (unpaired) electrons. The topological polar surface area (TPSA) is 43.8 Å². The number of aromatic nitrogens is 2. The van der Waals surface area contributed by atoms with Crippen molar-refractivity contribution in [2.75, 3.05) is 0 Å². The zero-order valence-electron chi connectivity index (χ0n) is 13.2.